The second-order valence-corrected chi connectivity index (χ2v) is 4.84. The van der Waals surface area contributed by atoms with Crippen molar-refractivity contribution in [1.29, 1.82) is 5.26 Å². The standard InChI is InChI=1S/C15H18N4O3/c1-10(7-8-16)13(14(17)21)19-12(20)9-18-15(22)11-5-3-2-4-6-11/h2-6,10,13H,7,9H2,1H3,(H2,17,21)(H,18,22)(H,19,20)/t10-,13+/m0/s1. The van der Waals surface area contributed by atoms with Crippen LogP contribution in [-0.4, -0.2) is 30.3 Å². The van der Waals surface area contributed by atoms with Crippen LogP contribution < -0.4 is 16.4 Å². The quantitative estimate of drug-likeness (QED) is 0.652. The minimum Gasteiger partial charge on any atom is -0.368 e. The molecule has 0 aliphatic carbocycles. The van der Waals surface area contributed by atoms with E-state index in [0.29, 0.717) is 5.56 Å². The second-order valence-electron chi connectivity index (χ2n) is 4.84. The van der Waals surface area contributed by atoms with Crippen molar-refractivity contribution >= 4 is 17.7 Å². The molecule has 1 aromatic carbocycles. The van der Waals surface area contributed by atoms with Crippen molar-refractivity contribution in [1.82, 2.24) is 10.6 Å². The van der Waals surface area contributed by atoms with Crippen molar-refractivity contribution < 1.29 is 14.4 Å². The van der Waals surface area contributed by atoms with Crippen LogP contribution in [0.3, 0.4) is 0 Å². The summed E-state index contributed by atoms with van der Waals surface area (Å²) in [6, 6.07) is 9.41. The molecule has 1 rings (SSSR count). The molecule has 0 unspecified atom stereocenters. The van der Waals surface area contributed by atoms with E-state index in [1.54, 1.807) is 37.3 Å². The SMILES string of the molecule is C[C@@H](CC#N)[C@@H](NC(=O)CNC(=O)c1ccccc1)C(N)=O. The lowest BCUT2D eigenvalue weighted by Gasteiger charge is -2.20. The van der Waals surface area contributed by atoms with Gasteiger partial charge in [0.2, 0.25) is 11.8 Å². The monoisotopic (exact) mass is 302 g/mol. The van der Waals surface area contributed by atoms with Gasteiger partial charge in [-0.05, 0) is 18.1 Å². The van der Waals surface area contributed by atoms with E-state index >= 15 is 0 Å². The average molecular weight is 302 g/mol. The van der Waals surface area contributed by atoms with Crippen LogP contribution in [0, 0.1) is 17.2 Å². The lowest BCUT2D eigenvalue weighted by Crippen LogP contribution is -2.51. The number of benzene rings is 1. The highest BCUT2D eigenvalue weighted by molar-refractivity contribution is 5.97. The molecule has 1 aromatic rings. The van der Waals surface area contributed by atoms with E-state index in [0.717, 1.165) is 0 Å². The van der Waals surface area contributed by atoms with Crippen LogP contribution in [0.2, 0.25) is 0 Å². The molecule has 2 atom stereocenters. The molecule has 4 N–H and O–H groups in total. The number of carbonyl (C=O) groups is 3. The molecule has 7 nitrogen and oxygen atoms in total. The summed E-state index contributed by atoms with van der Waals surface area (Å²) in [5, 5.41) is 13.5. The zero-order valence-electron chi connectivity index (χ0n) is 12.2. The molecular formula is C15H18N4O3. The molecule has 116 valence electrons. The summed E-state index contributed by atoms with van der Waals surface area (Å²) < 4.78 is 0. The zero-order valence-corrected chi connectivity index (χ0v) is 12.2. The molecule has 0 saturated heterocycles. The molecule has 0 fully saturated rings. The third-order valence-corrected chi connectivity index (χ3v) is 3.05. The minimum atomic E-state index is -0.944. The number of nitriles is 1. The summed E-state index contributed by atoms with van der Waals surface area (Å²) in [6.45, 7) is 1.36. The summed E-state index contributed by atoms with van der Waals surface area (Å²) >= 11 is 0. The van der Waals surface area contributed by atoms with Crippen LogP contribution >= 0.6 is 0 Å². The summed E-state index contributed by atoms with van der Waals surface area (Å²) in [4.78, 5) is 34.9. The van der Waals surface area contributed by atoms with E-state index < -0.39 is 29.7 Å². The molecule has 0 saturated carbocycles. The Bertz CT molecular complexity index is 580. The van der Waals surface area contributed by atoms with Gasteiger partial charge in [-0.2, -0.15) is 5.26 Å². The number of hydrogen-bond donors (Lipinski definition) is 3. The van der Waals surface area contributed by atoms with Crippen LogP contribution in [0.15, 0.2) is 30.3 Å². The Morgan fingerprint density at radius 1 is 1.27 bits per heavy atom. The molecule has 0 spiro atoms. The van der Waals surface area contributed by atoms with Gasteiger partial charge in [0.1, 0.15) is 6.04 Å². The number of nitrogens with two attached hydrogens (primary N) is 1. The average Bonchev–Trinajstić information content (AvgIpc) is 2.51. The van der Waals surface area contributed by atoms with Gasteiger partial charge in [-0.25, -0.2) is 0 Å². The first-order valence-electron chi connectivity index (χ1n) is 6.74. The maximum Gasteiger partial charge on any atom is 0.251 e. The number of hydrogen-bond acceptors (Lipinski definition) is 4. The van der Waals surface area contributed by atoms with E-state index in [1.165, 1.54) is 0 Å². The molecule has 3 amide bonds. The predicted octanol–water partition coefficient (Wildman–Crippen LogP) is -0.0637. The van der Waals surface area contributed by atoms with Crippen molar-refractivity contribution in [3.05, 3.63) is 35.9 Å². The molecule has 0 aromatic heterocycles. The van der Waals surface area contributed by atoms with Crippen LogP contribution in [0.25, 0.3) is 0 Å². The highest BCUT2D eigenvalue weighted by Crippen LogP contribution is 2.07. The molecule has 7 heteroatoms. The molecule has 22 heavy (non-hydrogen) atoms. The highest BCUT2D eigenvalue weighted by atomic mass is 16.2. The Morgan fingerprint density at radius 3 is 2.45 bits per heavy atom. The first-order chi connectivity index (χ1) is 10.5. The number of nitrogens with zero attached hydrogens (tertiary/aromatic N) is 1. The van der Waals surface area contributed by atoms with Crippen molar-refractivity contribution in [3.63, 3.8) is 0 Å². The molecular weight excluding hydrogens is 284 g/mol. The zero-order chi connectivity index (χ0) is 16.5. The van der Waals surface area contributed by atoms with Gasteiger partial charge in [-0.15, -0.1) is 0 Å². The molecule has 0 radical (unpaired) electrons. The fourth-order valence-electron chi connectivity index (χ4n) is 1.83. The minimum absolute atomic E-state index is 0.0876. The number of primary amides is 1. The maximum absolute atomic E-state index is 11.8. The predicted molar refractivity (Wildman–Crippen MR) is 79.3 cm³/mol. The van der Waals surface area contributed by atoms with Gasteiger partial charge in [-0.1, -0.05) is 25.1 Å². The van der Waals surface area contributed by atoms with E-state index in [4.69, 9.17) is 11.0 Å². The van der Waals surface area contributed by atoms with Crippen LogP contribution in [-0.2, 0) is 9.59 Å². The third-order valence-electron chi connectivity index (χ3n) is 3.05. The number of carbonyl (C=O) groups excluding carboxylic acids is 3. The Hall–Kier alpha value is -2.88. The lowest BCUT2D eigenvalue weighted by atomic mass is 9.98. The fourth-order valence-corrected chi connectivity index (χ4v) is 1.83. The summed E-state index contributed by atoms with van der Waals surface area (Å²) in [5.74, 6) is -2.06. The van der Waals surface area contributed by atoms with Gasteiger partial charge in [0.15, 0.2) is 0 Å². The smallest absolute Gasteiger partial charge is 0.251 e. The van der Waals surface area contributed by atoms with E-state index in [1.807, 2.05) is 6.07 Å². The molecule has 0 aliphatic rings. The van der Waals surface area contributed by atoms with Gasteiger partial charge in [0, 0.05) is 12.0 Å². The van der Waals surface area contributed by atoms with Gasteiger partial charge >= 0.3 is 0 Å². The fraction of sp³-hybridized carbons (Fsp3) is 0.333. The van der Waals surface area contributed by atoms with Gasteiger partial charge in [-0.3, -0.25) is 14.4 Å². The van der Waals surface area contributed by atoms with Gasteiger partial charge < -0.3 is 16.4 Å². The van der Waals surface area contributed by atoms with E-state index in [2.05, 4.69) is 10.6 Å². The first kappa shape index (κ1) is 17.2. The topological polar surface area (TPSA) is 125 Å². The third kappa shape index (κ3) is 5.25. The Labute approximate surface area is 128 Å². The molecule has 0 heterocycles. The van der Waals surface area contributed by atoms with Crippen LogP contribution in [0.5, 0.6) is 0 Å². The normalized spacial score (nSPS) is 12.5. The maximum atomic E-state index is 11.8. The Balaban J connectivity index is 2.53. The molecule has 0 bridgehead atoms. The molecule has 0 aliphatic heterocycles. The summed E-state index contributed by atoms with van der Waals surface area (Å²) in [5.41, 5.74) is 5.64. The summed E-state index contributed by atoms with van der Waals surface area (Å²) in [6.07, 6.45) is 0.0876. The number of amides is 3. The van der Waals surface area contributed by atoms with Crippen molar-refractivity contribution in [2.24, 2.45) is 11.7 Å². The lowest BCUT2D eigenvalue weighted by molar-refractivity contribution is -0.127. The van der Waals surface area contributed by atoms with Crippen LogP contribution in [0.4, 0.5) is 0 Å². The van der Waals surface area contributed by atoms with Crippen molar-refractivity contribution in [2.75, 3.05) is 6.54 Å². The van der Waals surface area contributed by atoms with Gasteiger partial charge in [0.25, 0.3) is 5.91 Å². The van der Waals surface area contributed by atoms with Gasteiger partial charge in [0.05, 0.1) is 12.6 Å². The highest BCUT2D eigenvalue weighted by Gasteiger charge is 2.24. The van der Waals surface area contributed by atoms with Crippen LogP contribution in [0.1, 0.15) is 23.7 Å². The largest absolute Gasteiger partial charge is 0.368 e. The summed E-state index contributed by atoms with van der Waals surface area (Å²) in [7, 11) is 0. The number of nitrogens with one attached hydrogen (secondary N) is 2. The Kier molecular flexibility index (Phi) is 6.57. The van der Waals surface area contributed by atoms with Crippen molar-refractivity contribution in [3.8, 4) is 6.07 Å². The first-order valence-corrected chi connectivity index (χ1v) is 6.74. The second kappa shape index (κ2) is 8.42. The van der Waals surface area contributed by atoms with E-state index in [9.17, 15) is 14.4 Å². The Morgan fingerprint density at radius 2 is 1.91 bits per heavy atom. The van der Waals surface area contributed by atoms with Crippen molar-refractivity contribution in [2.45, 2.75) is 19.4 Å². The van der Waals surface area contributed by atoms with E-state index in [-0.39, 0.29) is 13.0 Å². The number of rotatable bonds is 7.